The molecule has 4 heterocycles. The molecule has 2 aromatic heterocycles. The van der Waals surface area contributed by atoms with E-state index in [1.54, 1.807) is 29.6 Å². The third-order valence-corrected chi connectivity index (χ3v) is 4.66. The highest BCUT2D eigenvalue weighted by Gasteiger charge is 2.29. The standard InChI is InChI=1S/C18H21N5O2/c24-18(15-5-1-2-7-19-15)23-10-6-14(12-23)25-17-11-16(20-13-21-17)22-8-3-4-9-22/h1-2,5,7,11,13-14H,3-4,6,8-10,12H2. The minimum Gasteiger partial charge on any atom is -0.472 e. The number of hydrogen-bond acceptors (Lipinski definition) is 6. The van der Waals surface area contributed by atoms with Gasteiger partial charge in [-0.15, -0.1) is 0 Å². The largest absolute Gasteiger partial charge is 0.472 e. The van der Waals surface area contributed by atoms with Crippen LogP contribution in [0.3, 0.4) is 0 Å². The Balaban J connectivity index is 1.38. The average molecular weight is 339 g/mol. The minimum absolute atomic E-state index is 0.0472. The molecule has 1 atom stereocenters. The number of amides is 1. The minimum atomic E-state index is -0.0489. The number of likely N-dealkylation sites (tertiary alicyclic amines) is 1. The van der Waals surface area contributed by atoms with Gasteiger partial charge in [-0.05, 0) is 25.0 Å². The topological polar surface area (TPSA) is 71.5 Å². The molecular formula is C18H21N5O2. The lowest BCUT2D eigenvalue weighted by Gasteiger charge is -2.18. The number of rotatable bonds is 4. The summed E-state index contributed by atoms with van der Waals surface area (Å²) < 4.78 is 6.00. The van der Waals surface area contributed by atoms with Crippen molar-refractivity contribution in [2.24, 2.45) is 0 Å². The van der Waals surface area contributed by atoms with Crippen LogP contribution in [-0.4, -0.2) is 58.0 Å². The number of hydrogen-bond donors (Lipinski definition) is 0. The van der Waals surface area contributed by atoms with Gasteiger partial charge in [-0.1, -0.05) is 6.07 Å². The molecule has 2 saturated heterocycles. The normalized spacial score (nSPS) is 20.1. The van der Waals surface area contributed by atoms with Gasteiger partial charge in [0, 0.05) is 38.3 Å². The molecule has 4 rings (SSSR count). The van der Waals surface area contributed by atoms with Gasteiger partial charge in [0.05, 0.1) is 6.54 Å². The van der Waals surface area contributed by atoms with Gasteiger partial charge < -0.3 is 14.5 Å². The monoisotopic (exact) mass is 339 g/mol. The molecule has 130 valence electrons. The predicted octanol–water partition coefficient (Wildman–Crippen LogP) is 1.77. The van der Waals surface area contributed by atoms with E-state index in [9.17, 15) is 4.79 Å². The number of nitrogens with zero attached hydrogens (tertiary/aromatic N) is 5. The van der Waals surface area contributed by atoms with E-state index in [1.165, 1.54) is 12.8 Å². The quantitative estimate of drug-likeness (QED) is 0.845. The fraction of sp³-hybridized carbons (Fsp3) is 0.444. The van der Waals surface area contributed by atoms with E-state index in [0.717, 1.165) is 25.3 Å². The average Bonchev–Trinajstić information content (AvgIpc) is 3.34. The number of pyridine rings is 1. The zero-order valence-electron chi connectivity index (χ0n) is 14.0. The van der Waals surface area contributed by atoms with Gasteiger partial charge in [0.2, 0.25) is 5.88 Å². The first-order chi connectivity index (χ1) is 12.3. The Kier molecular flexibility index (Phi) is 4.45. The zero-order chi connectivity index (χ0) is 17.1. The van der Waals surface area contributed by atoms with Crippen molar-refractivity contribution in [2.75, 3.05) is 31.1 Å². The highest BCUT2D eigenvalue weighted by atomic mass is 16.5. The molecule has 2 aromatic rings. The van der Waals surface area contributed by atoms with E-state index in [2.05, 4.69) is 19.9 Å². The van der Waals surface area contributed by atoms with Crippen molar-refractivity contribution in [1.29, 1.82) is 0 Å². The van der Waals surface area contributed by atoms with Crippen molar-refractivity contribution in [2.45, 2.75) is 25.4 Å². The van der Waals surface area contributed by atoms with Gasteiger partial charge in [0.15, 0.2) is 0 Å². The summed E-state index contributed by atoms with van der Waals surface area (Å²) in [7, 11) is 0. The van der Waals surface area contributed by atoms with Gasteiger partial charge in [-0.25, -0.2) is 9.97 Å². The molecule has 25 heavy (non-hydrogen) atoms. The highest BCUT2D eigenvalue weighted by Crippen LogP contribution is 2.23. The van der Waals surface area contributed by atoms with Crippen molar-refractivity contribution in [3.8, 4) is 5.88 Å². The molecule has 0 spiro atoms. The molecule has 1 unspecified atom stereocenters. The van der Waals surface area contributed by atoms with Crippen molar-refractivity contribution in [1.82, 2.24) is 19.9 Å². The molecule has 0 radical (unpaired) electrons. The molecule has 0 aromatic carbocycles. The maximum atomic E-state index is 12.4. The van der Waals surface area contributed by atoms with Crippen molar-refractivity contribution < 1.29 is 9.53 Å². The second-order valence-corrected chi connectivity index (χ2v) is 6.40. The summed E-state index contributed by atoms with van der Waals surface area (Å²) in [5, 5.41) is 0. The van der Waals surface area contributed by atoms with Crippen molar-refractivity contribution in [3.63, 3.8) is 0 Å². The van der Waals surface area contributed by atoms with E-state index in [-0.39, 0.29) is 12.0 Å². The lowest BCUT2D eigenvalue weighted by atomic mass is 10.3. The van der Waals surface area contributed by atoms with E-state index in [4.69, 9.17) is 4.74 Å². The first-order valence-electron chi connectivity index (χ1n) is 8.73. The first kappa shape index (κ1) is 15.8. The summed E-state index contributed by atoms with van der Waals surface area (Å²) >= 11 is 0. The lowest BCUT2D eigenvalue weighted by Crippen LogP contribution is -2.31. The summed E-state index contributed by atoms with van der Waals surface area (Å²) in [5.74, 6) is 1.45. The van der Waals surface area contributed by atoms with Crippen LogP contribution >= 0.6 is 0 Å². The van der Waals surface area contributed by atoms with E-state index in [0.29, 0.717) is 24.7 Å². The van der Waals surface area contributed by atoms with Crippen LogP contribution < -0.4 is 9.64 Å². The van der Waals surface area contributed by atoms with E-state index < -0.39 is 0 Å². The molecule has 0 aliphatic carbocycles. The predicted molar refractivity (Wildman–Crippen MR) is 92.7 cm³/mol. The van der Waals surface area contributed by atoms with E-state index >= 15 is 0 Å². The second kappa shape index (κ2) is 7.04. The van der Waals surface area contributed by atoms with Crippen LogP contribution in [0.4, 0.5) is 5.82 Å². The first-order valence-corrected chi connectivity index (χ1v) is 8.73. The number of aromatic nitrogens is 3. The van der Waals surface area contributed by atoms with Crippen LogP contribution in [0.1, 0.15) is 29.8 Å². The van der Waals surface area contributed by atoms with Crippen LogP contribution in [0, 0.1) is 0 Å². The SMILES string of the molecule is O=C(c1ccccn1)N1CCC(Oc2cc(N3CCCC3)ncn2)C1. The molecule has 0 bridgehead atoms. The van der Waals surface area contributed by atoms with Crippen LogP contribution in [0.15, 0.2) is 36.8 Å². The number of ether oxygens (including phenoxy) is 1. The fourth-order valence-electron chi connectivity index (χ4n) is 3.34. The van der Waals surface area contributed by atoms with Crippen molar-refractivity contribution in [3.05, 3.63) is 42.5 Å². The molecule has 1 amide bonds. The molecule has 2 aliphatic rings. The summed E-state index contributed by atoms with van der Waals surface area (Å²) in [6.07, 6.45) is 6.34. The van der Waals surface area contributed by atoms with Crippen LogP contribution in [0.25, 0.3) is 0 Å². The van der Waals surface area contributed by atoms with Gasteiger partial charge in [0.1, 0.15) is 23.9 Å². The summed E-state index contributed by atoms with van der Waals surface area (Å²) in [4.78, 5) is 29.2. The Hall–Kier alpha value is -2.70. The maximum absolute atomic E-state index is 12.4. The molecule has 0 saturated carbocycles. The molecule has 0 N–H and O–H groups in total. The Morgan fingerprint density at radius 3 is 2.80 bits per heavy atom. The molecule has 7 nitrogen and oxygen atoms in total. The van der Waals surface area contributed by atoms with Crippen LogP contribution in [0.5, 0.6) is 5.88 Å². The Bertz CT molecular complexity index is 733. The molecule has 2 fully saturated rings. The summed E-state index contributed by atoms with van der Waals surface area (Å²) in [6.45, 7) is 3.29. The Morgan fingerprint density at radius 1 is 1.12 bits per heavy atom. The zero-order valence-corrected chi connectivity index (χ0v) is 14.0. The number of carbonyl (C=O) groups excluding carboxylic acids is 1. The van der Waals surface area contributed by atoms with Gasteiger partial charge >= 0.3 is 0 Å². The third-order valence-electron chi connectivity index (χ3n) is 4.66. The Labute approximate surface area is 146 Å². The van der Waals surface area contributed by atoms with Gasteiger partial charge in [-0.3, -0.25) is 9.78 Å². The fourth-order valence-corrected chi connectivity index (χ4v) is 3.34. The smallest absolute Gasteiger partial charge is 0.272 e. The maximum Gasteiger partial charge on any atom is 0.272 e. The molecule has 2 aliphatic heterocycles. The Morgan fingerprint density at radius 2 is 2.00 bits per heavy atom. The molecular weight excluding hydrogens is 318 g/mol. The van der Waals surface area contributed by atoms with Gasteiger partial charge in [0.25, 0.3) is 5.91 Å². The second-order valence-electron chi connectivity index (χ2n) is 6.40. The number of carbonyl (C=O) groups is 1. The van der Waals surface area contributed by atoms with E-state index in [1.807, 2.05) is 12.1 Å². The number of anilines is 1. The van der Waals surface area contributed by atoms with Crippen LogP contribution in [-0.2, 0) is 0 Å². The highest BCUT2D eigenvalue weighted by molar-refractivity contribution is 5.92. The lowest BCUT2D eigenvalue weighted by molar-refractivity contribution is 0.0765. The van der Waals surface area contributed by atoms with Gasteiger partial charge in [-0.2, -0.15) is 0 Å². The van der Waals surface area contributed by atoms with Crippen LogP contribution in [0.2, 0.25) is 0 Å². The summed E-state index contributed by atoms with van der Waals surface area (Å²) in [5.41, 5.74) is 0.474. The van der Waals surface area contributed by atoms with Crippen molar-refractivity contribution >= 4 is 11.7 Å². The summed E-state index contributed by atoms with van der Waals surface area (Å²) in [6, 6.07) is 7.27. The third kappa shape index (κ3) is 3.55. The molecule has 7 heteroatoms.